The highest BCUT2D eigenvalue weighted by atomic mass is 32.2. The molecular weight excluding hydrogens is 496 g/mol. The van der Waals surface area contributed by atoms with E-state index in [9.17, 15) is 18.0 Å². The van der Waals surface area contributed by atoms with Crippen LogP contribution in [0.4, 0.5) is 4.79 Å². The number of ether oxygens (including phenoxy) is 1. The summed E-state index contributed by atoms with van der Waals surface area (Å²) in [6.45, 7) is 2.25. The first-order valence-corrected chi connectivity index (χ1v) is 14.3. The van der Waals surface area contributed by atoms with Crippen molar-refractivity contribution in [2.75, 3.05) is 33.5 Å². The maximum Gasteiger partial charge on any atom is 0.328 e. The summed E-state index contributed by atoms with van der Waals surface area (Å²) in [5.41, 5.74) is 3.65. The minimum atomic E-state index is -3.82. The van der Waals surface area contributed by atoms with Crippen LogP contribution in [-0.2, 0) is 30.8 Å². The number of carbonyl (C=O) groups excluding carboxylic acids is 2. The molecule has 0 unspecified atom stereocenters. The third kappa shape index (κ3) is 5.86. The summed E-state index contributed by atoms with van der Waals surface area (Å²) in [6.07, 6.45) is 6.51. The van der Waals surface area contributed by atoms with Gasteiger partial charge < -0.3 is 9.64 Å². The highest BCUT2D eigenvalue weighted by Gasteiger charge is 2.45. The van der Waals surface area contributed by atoms with Gasteiger partial charge in [-0.1, -0.05) is 11.8 Å². The van der Waals surface area contributed by atoms with Crippen molar-refractivity contribution < 1.29 is 27.6 Å². The number of hydroxylamine groups is 1. The van der Waals surface area contributed by atoms with Crippen molar-refractivity contribution in [2.45, 2.75) is 68.6 Å². The van der Waals surface area contributed by atoms with E-state index >= 15 is 0 Å². The van der Waals surface area contributed by atoms with Crippen LogP contribution < -0.4 is 5.48 Å². The third-order valence-electron chi connectivity index (χ3n) is 7.45. The fourth-order valence-electron chi connectivity index (χ4n) is 4.37. The van der Waals surface area contributed by atoms with Crippen LogP contribution in [-0.4, -0.2) is 84.8 Å². The van der Waals surface area contributed by atoms with Crippen molar-refractivity contribution in [3.8, 4) is 23.7 Å². The summed E-state index contributed by atoms with van der Waals surface area (Å²) in [4.78, 5) is 34.7. The molecule has 0 bridgehead atoms. The van der Waals surface area contributed by atoms with E-state index in [1.54, 1.807) is 6.20 Å². The van der Waals surface area contributed by atoms with Crippen LogP contribution in [0.2, 0.25) is 0 Å². The molecule has 3 heterocycles. The van der Waals surface area contributed by atoms with E-state index in [0.29, 0.717) is 25.1 Å². The first-order chi connectivity index (χ1) is 17.4. The summed E-state index contributed by atoms with van der Waals surface area (Å²) in [5.74, 6) is 11.2. The van der Waals surface area contributed by atoms with Gasteiger partial charge in [0.05, 0.1) is 12.1 Å². The topological polar surface area (TPSA) is 110 Å². The van der Waals surface area contributed by atoms with Crippen LogP contribution in [0, 0.1) is 23.7 Å². The Bertz CT molecular complexity index is 1290. The number of sulfone groups is 1. The Kier molecular flexibility index (Phi) is 7.72. The van der Waals surface area contributed by atoms with Crippen molar-refractivity contribution in [2.24, 2.45) is 0 Å². The van der Waals surface area contributed by atoms with Gasteiger partial charge >= 0.3 is 6.03 Å². The van der Waals surface area contributed by atoms with Crippen molar-refractivity contribution in [1.29, 1.82) is 0 Å². The molecule has 200 valence electrons. The second-order valence-corrected chi connectivity index (χ2v) is 12.8. The molecule has 0 aromatic carbocycles. The van der Waals surface area contributed by atoms with Crippen molar-refractivity contribution in [1.82, 2.24) is 19.8 Å². The molecule has 2 fully saturated rings. The maximum atomic E-state index is 12.9. The van der Waals surface area contributed by atoms with E-state index in [1.165, 1.54) is 16.4 Å². The lowest BCUT2D eigenvalue weighted by Crippen LogP contribution is -2.52. The van der Waals surface area contributed by atoms with Gasteiger partial charge in [-0.05, 0) is 71.0 Å². The van der Waals surface area contributed by atoms with Gasteiger partial charge in [0, 0.05) is 43.3 Å². The first kappa shape index (κ1) is 27.2. The van der Waals surface area contributed by atoms with Gasteiger partial charge in [-0.2, -0.15) is 0 Å². The Morgan fingerprint density at radius 2 is 2.08 bits per heavy atom. The molecule has 37 heavy (non-hydrogen) atoms. The molecule has 0 spiro atoms. The molecule has 1 N–H and O–H groups in total. The van der Waals surface area contributed by atoms with Crippen LogP contribution in [0.25, 0.3) is 0 Å². The van der Waals surface area contributed by atoms with Gasteiger partial charge in [-0.3, -0.25) is 14.3 Å². The zero-order valence-electron chi connectivity index (χ0n) is 21.8. The number of rotatable bonds is 8. The average Bonchev–Trinajstić information content (AvgIpc) is 3.46. The monoisotopic (exact) mass is 530 g/mol. The van der Waals surface area contributed by atoms with Crippen LogP contribution in [0.5, 0.6) is 0 Å². The Hall–Kier alpha value is -2.83. The predicted molar refractivity (Wildman–Crippen MR) is 137 cm³/mol. The summed E-state index contributed by atoms with van der Waals surface area (Å²) < 4.78 is 30.3. The molecule has 2 aliphatic heterocycles. The standard InChI is InChI=1S/C26H34N4O6S/c1-25(37(4,33)34,23(31)27-36-22-10-6-8-16-35-22)14-15-29-19-21-17-20(18-30(21)24(29)32)9-5-7-11-26(12-13-26)28(2)3/h17-18,22H,6,8,10,12-16,19H2,1-4H3,(H,27,31)/t22-,25-/m1/s1. The van der Waals surface area contributed by atoms with Crippen LogP contribution in [0.3, 0.4) is 0 Å². The fraction of sp³-hybridized carbons (Fsp3) is 0.615. The number of carbonyl (C=O) groups is 2. The molecule has 2 amide bonds. The molecule has 10 nitrogen and oxygen atoms in total. The van der Waals surface area contributed by atoms with E-state index in [0.717, 1.165) is 37.6 Å². The largest absolute Gasteiger partial charge is 0.350 e. The normalized spacial score (nSPS) is 21.8. The summed E-state index contributed by atoms with van der Waals surface area (Å²) >= 11 is 0. The summed E-state index contributed by atoms with van der Waals surface area (Å²) in [6, 6.07) is 1.54. The van der Waals surface area contributed by atoms with Gasteiger partial charge in [0.2, 0.25) is 0 Å². The maximum absolute atomic E-state index is 12.9. The molecular formula is C26H34N4O6S. The number of aromatic nitrogens is 1. The number of fused-ring (bicyclic) bond motifs is 1. The zero-order valence-corrected chi connectivity index (χ0v) is 22.6. The van der Waals surface area contributed by atoms with Crippen LogP contribution in [0.15, 0.2) is 12.3 Å². The molecule has 1 saturated carbocycles. The molecule has 1 aliphatic carbocycles. The van der Waals surface area contributed by atoms with Crippen LogP contribution >= 0.6 is 0 Å². The predicted octanol–water partition coefficient (Wildman–Crippen LogP) is 1.49. The van der Waals surface area contributed by atoms with Gasteiger partial charge in [0.1, 0.15) is 0 Å². The lowest BCUT2D eigenvalue weighted by molar-refractivity contribution is -0.201. The van der Waals surface area contributed by atoms with Gasteiger partial charge in [0.15, 0.2) is 20.9 Å². The number of nitrogens with zero attached hydrogens (tertiary/aromatic N) is 3. The molecule has 1 saturated heterocycles. The number of hydrogen-bond acceptors (Lipinski definition) is 7. The Morgan fingerprint density at radius 1 is 1.32 bits per heavy atom. The van der Waals surface area contributed by atoms with Crippen molar-refractivity contribution in [3.63, 3.8) is 0 Å². The van der Waals surface area contributed by atoms with Crippen LogP contribution in [0.1, 0.15) is 56.7 Å². The highest BCUT2D eigenvalue weighted by molar-refractivity contribution is 7.92. The summed E-state index contributed by atoms with van der Waals surface area (Å²) in [7, 11) is 0.197. The number of nitrogens with one attached hydrogen (secondary N) is 1. The van der Waals surface area contributed by atoms with E-state index in [-0.39, 0.29) is 24.5 Å². The minimum absolute atomic E-state index is 0.0547. The second kappa shape index (κ2) is 10.5. The number of hydrogen-bond donors (Lipinski definition) is 1. The first-order valence-electron chi connectivity index (χ1n) is 12.4. The fourth-order valence-corrected chi connectivity index (χ4v) is 5.21. The van der Waals surface area contributed by atoms with E-state index in [1.807, 2.05) is 20.2 Å². The number of amides is 2. The Balaban J connectivity index is 1.36. The van der Waals surface area contributed by atoms with Crippen molar-refractivity contribution in [3.05, 3.63) is 23.5 Å². The minimum Gasteiger partial charge on any atom is -0.350 e. The van der Waals surface area contributed by atoms with Gasteiger partial charge in [-0.15, -0.1) is 0 Å². The quantitative estimate of drug-likeness (QED) is 0.401. The smallest absolute Gasteiger partial charge is 0.328 e. The molecule has 3 aliphatic rings. The molecule has 1 aromatic rings. The molecule has 1 aromatic heterocycles. The van der Waals surface area contributed by atoms with E-state index in [2.05, 4.69) is 34.1 Å². The molecule has 2 atom stereocenters. The SMILES string of the molecule is CN(C)C1(C#CC#Cc2cc3n(c2)C(=O)N(CC[C@](C)(C(=O)NO[C@@H]2CCCCO2)S(C)(=O)=O)C3)CC1. The van der Waals surface area contributed by atoms with Gasteiger partial charge in [0.25, 0.3) is 5.91 Å². The highest BCUT2D eigenvalue weighted by Crippen LogP contribution is 2.39. The molecule has 11 heteroatoms. The average molecular weight is 531 g/mol. The Labute approximate surface area is 218 Å². The summed E-state index contributed by atoms with van der Waals surface area (Å²) in [5, 5.41) is 0. The Morgan fingerprint density at radius 3 is 2.68 bits per heavy atom. The lowest BCUT2D eigenvalue weighted by Gasteiger charge is -2.29. The van der Waals surface area contributed by atoms with E-state index in [4.69, 9.17) is 9.57 Å². The van der Waals surface area contributed by atoms with Crippen molar-refractivity contribution >= 4 is 21.8 Å². The van der Waals surface area contributed by atoms with Gasteiger partial charge in [-0.25, -0.2) is 23.5 Å². The third-order valence-corrected chi connectivity index (χ3v) is 9.48. The zero-order chi connectivity index (χ0) is 26.8. The lowest BCUT2D eigenvalue weighted by atomic mass is 10.1. The molecule has 0 radical (unpaired) electrons. The molecule has 4 rings (SSSR count). The second-order valence-electron chi connectivity index (χ2n) is 10.3. The van der Waals surface area contributed by atoms with E-state index < -0.39 is 26.8 Å².